The maximum Gasteiger partial charge on any atom is 0.260 e. The number of carbonyl (C=O) groups excluding carboxylic acids is 1. The van der Waals surface area contributed by atoms with E-state index in [1.54, 1.807) is 22.9 Å². The quantitative estimate of drug-likeness (QED) is 0.749. The van der Waals surface area contributed by atoms with Gasteiger partial charge in [0.1, 0.15) is 11.6 Å². The highest BCUT2D eigenvalue weighted by Gasteiger charge is 2.25. The normalized spacial score (nSPS) is 12.7. The van der Waals surface area contributed by atoms with Crippen molar-refractivity contribution in [3.63, 3.8) is 0 Å². The molecule has 1 aliphatic rings. The summed E-state index contributed by atoms with van der Waals surface area (Å²) in [6, 6.07) is 14.8. The predicted molar refractivity (Wildman–Crippen MR) is 102 cm³/mol. The van der Waals surface area contributed by atoms with Crippen LogP contribution in [-0.2, 0) is 12.8 Å². The molecule has 0 radical (unpaired) electrons. The number of hydrogen-bond donors (Lipinski definition) is 1. The molecule has 4 rings (SSSR count). The van der Waals surface area contributed by atoms with Crippen LogP contribution in [0, 0.1) is 0 Å². The Hall–Kier alpha value is -2.79. The van der Waals surface area contributed by atoms with E-state index < -0.39 is 0 Å². The van der Waals surface area contributed by atoms with Crippen molar-refractivity contribution in [2.24, 2.45) is 0 Å². The summed E-state index contributed by atoms with van der Waals surface area (Å²) in [5.41, 5.74) is 3.45. The van der Waals surface area contributed by atoms with E-state index in [2.05, 4.69) is 5.32 Å². The van der Waals surface area contributed by atoms with Gasteiger partial charge in [0.2, 0.25) is 0 Å². The monoisotopic (exact) mass is 367 g/mol. The molecule has 5 nitrogen and oxygen atoms in total. The Labute approximate surface area is 156 Å². The molecule has 26 heavy (non-hydrogen) atoms. The predicted octanol–water partition coefficient (Wildman–Crippen LogP) is 4.28. The molecule has 0 fully saturated rings. The highest BCUT2D eigenvalue weighted by molar-refractivity contribution is 6.31. The summed E-state index contributed by atoms with van der Waals surface area (Å²) in [5.74, 6) is 0.932. The van der Waals surface area contributed by atoms with Crippen LogP contribution in [0.1, 0.15) is 28.0 Å². The molecule has 2 aromatic carbocycles. The summed E-state index contributed by atoms with van der Waals surface area (Å²) in [6.07, 6.45) is 2.89. The molecule has 1 amide bonds. The SMILES string of the molecule is COc1ccc(Cl)cc1C(=O)Nc1c2c(nn1-c1ccccc1)CCC2. The molecule has 0 saturated carbocycles. The molecule has 6 heteroatoms. The van der Waals surface area contributed by atoms with E-state index >= 15 is 0 Å². The third-order valence-electron chi connectivity index (χ3n) is 4.55. The van der Waals surface area contributed by atoms with Crippen LogP contribution >= 0.6 is 11.6 Å². The highest BCUT2D eigenvalue weighted by Crippen LogP contribution is 2.32. The van der Waals surface area contributed by atoms with Crippen molar-refractivity contribution in [3.8, 4) is 11.4 Å². The number of amides is 1. The van der Waals surface area contributed by atoms with Crippen molar-refractivity contribution in [2.45, 2.75) is 19.3 Å². The molecule has 132 valence electrons. The number of hydrogen-bond acceptors (Lipinski definition) is 3. The van der Waals surface area contributed by atoms with Crippen molar-refractivity contribution >= 4 is 23.3 Å². The summed E-state index contributed by atoms with van der Waals surface area (Å²) in [6.45, 7) is 0. The second kappa shape index (κ2) is 6.84. The molecule has 0 unspecified atom stereocenters. The Morgan fingerprint density at radius 2 is 2.00 bits per heavy atom. The van der Waals surface area contributed by atoms with Gasteiger partial charge in [-0.15, -0.1) is 0 Å². The number of benzene rings is 2. The number of methoxy groups -OCH3 is 1. The Morgan fingerprint density at radius 3 is 2.77 bits per heavy atom. The second-order valence-electron chi connectivity index (χ2n) is 6.17. The number of aromatic nitrogens is 2. The number of aryl methyl sites for hydroxylation is 1. The zero-order valence-electron chi connectivity index (χ0n) is 14.3. The third kappa shape index (κ3) is 2.95. The number of anilines is 1. The molecule has 3 aromatic rings. The summed E-state index contributed by atoms with van der Waals surface area (Å²) >= 11 is 6.07. The molecule has 1 N–H and O–H groups in total. The van der Waals surface area contributed by atoms with Crippen LogP contribution in [0.4, 0.5) is 5.82 Å². The van der Waals surface area contributed by atoms with Gasteiger partial charge < -0.3 is 10.1 Å². The van der Waals surface area contributed by atoms with Crippen molar-refractivity contribution in [3.05, 3.63) is 70.4 Å². The zero-order valence-corrected chi connectivity index (χ0v) is 15.1. The van der Waals surface area contributed by atoms with E-state index in [1.165, 1.54) is 7.11 Å². The van der Waals surface area contributed by atoms with E-state index in [9.17, 15) is 4.79 Å². The van der Waals surface area contributed by atoms with Gasteiger partial charge in [-0.3, -0.25) is 4.79 Å². The number of para-hydroxylation sites is 1. The fraction of sp³-hybridized carbons (Fsp3) is 0.200. The fourth-order valence-electron chi connectivity index (χ4n) is 3.31. The number of rotatable bonds is 4. The Balaban J connectivity index is 1.75. The van der Waals surface area contributed by atoms with Crippen LogP contribution in [0.5, 0.6) is 5.75 Å². The van der Waals surface area contributed by atoms with Gasteiger partial charge in [0.05, 0.1) is 24.1 Å². The minimum absolute atomic E-state index is 0.267. The minimum atomic E-state index is -0.267. The molecular formula is C20H18ClN3O2. The van der Waals surface area contributed by atoms with Gasteiger partial charge in [-0.2, -0.15) is 5.10 Å². The van der Waals surface area contributed by atoms with E-state index in [0.717, 1.165) is 42.0 Å². The van der Waals surface area contributed by atoms with E-state index in [4.69, 9.17) is 21.4 Å². The van der Waals surface area contributed by atoms with E-state index in [0.29, 0.717) is 16.3 Å². The second-order valence-corrected chi connectivity index (χ2v) is 6.61. The number of nitrogens with one attached hydrogen (secondary N) is 1. The van der Waals surface area contributed by atoms with Crippen LogP contribution < -0.4 is 10.1 Å². The van der Waals surface area contributed by atoms with Gasteiger partial charge >= 0.3 is 0 Å². The van der Waals surface area contributed by atoms with Gasteiger partial charge in [0.15, 0.2) is 0 Å². The zero-order chi connectivity index (χ0) is 18.1. The molecule has 1 heterocycles. The van der Waals surface area contributed by atoms with Crippen LogP contribution in [0.2, 0.25) is 5.02 Å². The highest BCUT2D eigenvalue weighted by atomic mass is 35.5. The first kappa shape index (κ1) is 16.7. The van der Waals surface area contributed by atoms with E-state index in [1.807, 2.05) is 30.3 Å². The molecule has 1 aromatic heterocycles. The lowest BCUT2D eigenvalue weighted by Gasteiger charge is -2.13. The topological polar surface area (TPSA) is 56.1 Å². The number of ether oxygens (including phenoxy) is 1. The van der Waals surface area contributed by atoms with Gasteiger partial charge in [0, 0.05) is 10.6 Å². The summed E-state index contributed by atoms with van der Waals surface area (Å²) in [4.78, 5) is 12.9. The Morgan fingerprint density at radius 1 is 1.19 bits per heavy atom. The molecular weight excluding hydrogens is 350 g/mol. The van der Waals surface area contributed by atoms with Crippen LogP contribution in [-0.4, -0.2) is 22.8 Å². The molecule has 0 saturated heterocycles. The maximum atomic E-state index is 12.9. The Kier molecular flexibility index (Phi) is 4.39. The first-order chi connectivity index (χ1) is 12.7. The first-order valence-corrected chi connectivity index (χ1v) is 8.86. The molecule has 1 aliphatic carbocycles. The van der Waals surface area contributed by atoms with E-state index in [-0.39, 0.29) is 5.91 Å². The fourth-order valence-corrected chi connectivity index (χ4v) is 3.48. The molecule has 0 atom stereocenters. The van der Waals surface area contributed by atoms with Crippen molar-refractivity contribution < 1.29 is 9.53 Å². The summed E-state index contributed by atoms with van der Waals surface area (Å²) in [5, 5.41) is 8.23. The smallest absolute Gasteiger partial charge is 0.260 e. The minimum Gasteiger partial charge on any atom is -0.496 e. The number of nitrogens with zero attached hydrogens (tertiary/aromatic N) is 2. The number of carbonyl (C=O) groups is 1. The largest absolute Gasteiger partial charge is 0.496 e. The maximum absolute atomic E-state index is 12.9. The van der Waals surface area contributed by atoms with Gasteiger partial charge in [-0.25, -0.2) is 4.68 Å². The average molecular weight is 368 g/mol. The summed E-state index contributed by atoms with van der Waals surface area (Å²) in [7, 11) is 1.53. The van der Waals surface area contributed by atoms with Gasteiger partial charge in [0.25, 0.3) is 5.91 Å². The summed E-state index contributed by atoms with van der Waals surface area (Å²) < 4.78 is 7.11. The Bertz CT molecular complexity index is 967. The van der Waals surface area contributed by atoms with Crippen LogP contribution in [0.15, 0.2) is 48.5 Å². The van der Waals surface area contributed by atoms with Crippen LogP contribution in [0.25, 0.3) is 5.69 Å². The van der Waals surface area contributed by atoms with Crippen molar-refractivity contribution in [1.29, 1.82) is 0 Å². The van der Waals surface area contributed by atoms with Crippen LogP contribution in [0.3, 0.4) is 0 Å². The van der Waals surface area contributed by atoms with Crippen molar-refractivity contribution in [2.75, 3.05) is 12.4 Å². The lowest BCUT2D eigenvalue weighted by atomic mass is 10.1. The van der Waals surface area contributed by atoms with Gasteiger partial charge in [-0.05, 0) is 49.6 Å². The number of halogens is 1. The lowest BCUT2D eigenvalue weighted by molar-refractivity contribution is 0.102. The number of fused-ring (bicyclic) bond motifs is 1. The molecule has 0 bridgehead atoms. The average Bonchev–Trinajstić information content (AvgIpc) is 3.25. The standard InChI is InChI=1S/C20H18ClN3O2/c1-26-18-11-10-13(21)12-16(18)20(25)22-19-15-8-5-9-17(15)23-24(19)14-6-3-2-4-7-14/h2-4,6-7,10-12H,5,8-9H2,1H3,(H,22,25). The lowest BCUT2D eigenvalue weighted by Crippen LogP contribution is -2.17. The van der Waals surface area contributed by atoms with Crippen molar-refractivity contribution in [1.82, 2.24) is 9.78 Å². The van der Waals surface area contributed by atoms with Gasteiger partial charge in [-0.1, -0.05) is 29.8 Å². The molecule has 0 aliphatic heterocycles. The third-order valence-corrected chi connectivity index (χ3v) is 4.78. The molecule has 0 spiro atoms. The first-order valence-electron chi connectivity index (χ1n) is 8.48.